The molecule has 0 fully saturated rings. The van der Waals surface area contributed by atoms with E-state index in [1.165, 1.54) is 5.39 Å². The summed E-state index contributed by atoms with van der Waals surface area (Å²) in [7, 11) is 0. The Hall–Kier alpha value is -7.05. The Morgan fingerprint density at radius 2 is 1.00 bits per heavy atom. The molecular weight excluding hydrogens is 627 g/mol. The van der Waals surface area contributed by atoms with Gasteiger partial charge in [0.15, 0.2) is 11.6 Å². The molecule has 0 aliphatic heterocycles. The van der Waals surface area contributed by atoms with Crippen LogP contribution in [0.15, 0.2) is 168 Å². The zero-order valence-corrected chi connectivity index (χ0v) is 27.2. The van der Waals surface area contributed by atoms with E-state index in [-0.39, 0.29) is 0 Å². The minimum atomic E-state index is 0.554. The predicted molar refractivity (Wildman–Crippen MR) is 207 cm³/mol. The molecule has 0 N–H and O–H groups in total. The van der Waals surface area contributed by atoms with E-state index in [9.17, 15) is 0 Å². The molecule has 51 heavy (non-hydrogen) atoms. The number of hydrogen-bond acceptors (Lipinski definition) is 4. The van der Waals surface area contributed by atoms with Gasteiger partial charge in [0.25, 0.3) is 0 Å². The Kier molecular flexibility index (Phi) is 5.86. The number of rotatable bonds is 4. The summed E-state index contributed by atoms with van der Waals surface area (Å²) in [6, 6.07) is 56.7. The minimum absolute atomic E-state index is 0.554. The van der Waals surface area contributed by atoms with Crippen LogP contribution >= 0.6 is 0 Å². The van der Waals surface area contributed by atoms with Crippen molar-refractivity contribution < 1.29 is 4.42 Å². The maximum Gasteiger partial charge on any atom is 0.238 e. The second-order valence-electron chi connectivity index (χ2n) is 12.9. The van der Waals surface area contributed by atoms with E-state index in [0.717, 1.165) is 77.0 Å². The second-order valence-corrected chi connectivity index (χ2v) is 12.9. The van der Waals surface area contributed by atoms with Crippen LogP contribution in [0.5, 0.6) is 0 Å². The van der Waals surface area contributed by atoms with E-state index in [0.29, 0.717) is 17.6 Å². The van der Waals surface area contributed by atoms with Crippen molar-refractivity contribution in [1.29, 1.82) is 0 Å². The van der Waals surface area contributed by atoms with Crippen LogP contribution in [-0.2, 0) is 0 Å². The fourth-order valence-corrected chi connectivity index (χ4v) is 7.75. The van der Waals surface area contributed by atoms with Crippen molar-refractivity contribution >= 4 is 65.6 Å². The molecule has 4 aromatic heterocycles. The summed E-state index contributed by atoms with van der Waals surface area (Å²) in [5.41, 5.74) is 8.88. The lowest BCUT2D eigenvalue weighted by Crippen LogP contribution is -2.06. The highest BCUT2D eigenvalue weighted by Crippen LogP contribution is 2.42. The van der Waals surface area contributed by atoms with Crippen LogP contribution in [0.3, 0.4) is 0 Å². The van der Waals surface area contributed by atoms with E-state index < -0.39 is 0 Å². The maximum atomic E-state index is 6.30. The van der Waals surface area contributed by atoms with Crippen molar-refractivity contribution in [3.05, 3.63) is 164 Å². The van der Waals surface area contributed by atoms with E-state index >= 15 is 0 Å². The smallest absolute Gasteiger partial charge is 0.238 e. The lowest BCUT2D eigenvalue weighted by Gasteiger charge is -2.12. The molecule has 238 valence electrons. The van der Waals surface area contributed by atoms with Gasteiger partial charge in [0, 0.05) is 49.1 Å². The molecule has 0 aliphatic carbocycles. The maximum absolute atomic E-state index is 6.30. The Bertz CT molecular complexity index is 3140. The normalized spacial score (nSPS) is 11.9. The van der Waals surface area contributed by atoms with Crippen LogP contribution < -0.4 is 0 Å². The van der Waals surface area contributed by atoms with Gasteiger partial charge in [-0.15, -0.1) is 0 Å². The largest absolute Gasteiger partial charge is 0.456 e. The molecule has 11 rings (SSSR count). The van der Waals surface area contributed by atoms with E-state index in [4.69, 9.17) is 19.4 Å². The molecule has 0 radical (unpaired) electrons. The number of furan rings is 1. The zero-order valence-electron chi connectivity index (χ0n) is 27.2. The average Bonchev–Trinajstić information content (AvgIpc) is 3.86. The molecule has 0 saturated heterocycles. The van der Waals surface area contributed by atoms with Gasteiger partial charge in [-0.2, -0.15) is 9.97 Å². The first-order valence-corrected chi connectivity index (χ1v) is 17.0. The van der Waals surface area contributed by atoms with Crippen LogP contribution in [0.25, 0.3) is 100.0 Å². The molecule has 0 aliphatic rings. The lowest BCUT2D eigenvalue weighted by molar-refractivity contribution is 0.669. The molecule has 0 atom stereocenters. The summed E-state index contributed by atoms with van der Waals surface area (Å²) >= 11 is 0. The predicted octanol–water partition coefficient (Wildman–Crippen LogP) is 11.3. The van der Waals surface area contributed by atoms with Gasteiger partial charge in [0.2, 0.25) is 5.95 Å². The summed E-state index contributed by atoms with van der Waals surface area (Å²) in [6.07, 6.45) is 0. The van der Waals surface area contributed by atoms with Crippen molar-refractivity contribution in [2.75, 3.05) is 0 Å². The molecule has 7 aromatic carbocycles. The Balaban J connectivity index is 1.25. The summed E-state index contributed by atoms with van der Waals surface area (Å²) in [4.78, 5) is 15.6. The number of hydrogen-bond donors (Lipinski definition) is 0. The highest BCUT2D eigenvalue weighted by atomic mass is 16.3. The van der Waals surface area contributed by atoms with E-state index in [1.807, 2.05) is 54.6 Å². The Labute approximate surface area is 291 Å². The minimum Gasteiger partial charge on any atom is -0.456 e. The molecule has 0 bridgehead atoms. The van der Waals surface area contributed by atoms with Gasteiger partial charge in [0.1, 0.15) is 11.2 Å². The quantitative estimate of drug-likeness (QED) is 0.190. The molecular formula is C45H27N5O. The Morgan fingerprint density at radius 1 is 0.392 bits per heavy atom. The summed E-state index contributed by atoms with van der Waals surface area (Å²) in [5.74, 6) is 1.73. The molecule has 0 unspecified atom stereocenters. The number of para-hydroxylation sites is 4. The van der Waals surface area contributed by atoms with Crippen molar-refractivity contribution in [1.82, 2.24) is 24.1 Å². The van der Waals surface area contributed by atoms with Crippen molar-refractivity contribution in [2.45, 2.75) is 0 Å². The van der Waals surface area contributed by atoms with Crippen molar-refractivity contribution in [2.24, 2.45) is 0 Å². The monoisotopic (exact) mass is 653 g/mol. The zero-order chi connectivity index (χ0) is 33.5. The number of fused-ring (bicyclic) bond motifs is 10. The third-order valence-corrected chi connectivity index (χ3v) is 9.98. The van der Waals surface area contributed by atoms with Crippen LogP contribution in [0, 0.1) is 0 Å². The van der Waals surface area contributed by atoms with Crippen LogP contribution in [0.1, 0.15) is 0 Å². The van der Waals surface area contributed by atoms with Crippen molar-refractivity contribution in [3.63, 3.8) is 0 Å². The topological polar surface area (TPSA) is 61.7 Å². The molecule has 6 nitrogen and oxygen atoms in total. The molecule has 0 spiro atoms. The lowest BCUT2D eigenvalue weighted by atomic mass is 10.1. The summed E-state index contributed by atoms with van der Waals surface area (Å²) in [5, 5.41) is 6.74. The van der Waals surface area contributed by atoms with Gasteiger partial charge in [-0.1, -0.05) is 115 Å². The number of benzene rings is 7. The van der Waals surface area contributed by atoms with Crippen LogP contribution in [0.4, 0.5) is 0 Å². The van der Waals surface area contributed by atoms with Crippen LogP contribution in [-0.4, -0.2) is 24.1 Å². The molecule has 0 saturated carbocycles. The van der Waals surface area contributed by atoms with Gasteiger partial charge in [-0.25, -0.2) is 4.98 Å². The van der Waals surface area contributed by atoms with Gasteiger partial charge < -0.3 is 8.98 Å². The second kappa shape index (κ2) is 10.7. The fourth-order valence-electron chi connectivity index (χ4n) is 7.75. The molecule has 6 heteroatoms. The fraction of sp³-hybridized carbons (Fsp3) is 0. The third kappa shape index (κ3) is 4.14. The van der Waals surface area contributed by atoms with Gasteiger partial charge in [-0.3, -0.25) is 4.57 Å². The standard InChI is InChI=1S/C45H27N5O/c1-3-13-28(14-4-1)43-46-44(29-23-24-33-32-18-9-12-22-39(32)51-40(33)27-29)48-45(47-43)50-36-20-10-7-17-31(36)34-25-26-38-41(42(34)50)35-19-8-11-21-37(35)49(38)30-15-5-2-6-16-30/h1-27H. The molecule has 0 amide bonds. The number of nitrogens with zero attached hydrogens (tertiary/aromatic N) is 5. The van der Waals surface area contributed by atoms with E-state index in [2.05, 4.69) is 118 Å². The summed E-state index contributed by atoms with van der Waals surface area (Å²) in [6.45, 7) is 0. The first-order valence-electron chi connectivity index (χ1n) is 17.0. The number of aromatic nitrogens is 5. The third-order valence-electron chi connectivity index (χ3n) is 9.98. The molecule has 4 heterocycles. The first kappa shape index (κ1) is 27.9. The highest BCUT2D eigenvalue weighted by Gasteiger charge is 2.23. The SMILES string of the molecule is c1ccc(-c2nc(-c3ccc4c(c3)oc3ccccc34)nc(-n3c4ccccc4c4ccc5c(c6ccccc6n5-c5ccccc5)c43)n2)cc1. The summed E-state index contributed by atoms with van der Waals surface area (Å²) < 4.78 is 10.9. The van der Waals surface area contributed by atoms with Gasteiger partial charge in [-0.05, 0) is 48.5 Å². The van der Waals surface area contributed by atoms with Gasteiger partial charge in [0.05, 0.1) is 22.1 Å². The van der Waals surface area contributed by atoms with Crippen LogP contribution in [0.2, 0.25) is 0 Å². The average molecular weight is 654 g/mol. The van der Waals surface area contributed by atoms with Crippen molar-refractivity contribution in [3.8, 4) is 34.4 Å². The highest BCUT2D eigenvalue weighted by molar-refractivity contribution is 6.26. The molecule has 11 aromatic rings. The van der Waals surface area contributed by atoms with E-state index in [1.54, 1.807) is 0 Å². The van der Waals surface area contributed by atoms with Gasteiger partial charge >= 0.3 is 0 Å². The first-order chi connectivity index (χ1) is 25.3. The Morgan fingerprint density at radius 3 is 1.80 bits per heavy atom.